The number of aryl methyl sites for hydroxylation is 1. The van der Waals surface area contributed by atoms with Crippen LogP contribution in [0.3, 0.4) is 0 Å². The summed E-state index contributed by atoms with van der Waals surface area (Å²) >= 11 is 3.40. The average molecular weight is 270 g/mol. The molecule has 5 heteroatoms. The Hall–Kier alpha value is -0.940. The van der Waals surface area contributed by atoms with Crippen molar-refractivity contribution in [1.82, 2.24) is 14.6 Å². The number of pyridine rings is 1. The zero-order chi connectivity index (χ0) is 10.7. The standard InChI is InChI=1S/C10H12BrN3O/c1-15-6-2-3-9-12-10-7-8(11)4-5-14(10)13-9/h4-5,7H,2-3,6H2,1H3. The Morgan fingerprint density at radius 2 is 2.40 bits per heavy atom. The summed E-state index contributed by atoms with van der Waals surface area (Å²) in [5.41, 5.74) is 0.872. The molecule has 0 spiro atoms. The normalized spacial score (nSPS) is 11.1. The van der Waals surface area contributed by atoms with Crippen LogP contribution in [-0.2, 0) is 11.2 Å². The first-order valence-corrected chi connectivity index (χ1v) is 5.58. The van der Waals surface area contributed by atoms with Crippen molar-refractivity contribution in [3.63, 3.8) is 0 Å². The molecule has 0 saturated carbocycles. The first-order valence-electron chi connectivity index (χ1n) is 4.79. The van der Waals surface area contributed by atoms with Gasteiger partial charge in [0, 0.05) is 30.8 Å². The van der Waals surface area contributed by atoms with Gasteiger partial charge in [0.25, 0.3) is 0 Å². The van der Waals surface area contributed by atoms with Crippen molar-refractivity contribution in [3.05, 3.63) is 28.6 Å². The van der Waals surface area contributed by atoms with Gasteiger partial charge in [-0.1, -0.05) is 15.9 Å². The van der Waals surface area contributed by atoms with E-state index in [9.17, 15) is 0 Å². The molecule has 0 aliphatic rings. The molecule has 0 N–H and O–H groups in total. The van der Waals surface area contributed by atoms with Crippen molar-refractivity contribution in [2.75, 3.05) is 13.7 Å². The molecular weight excluding hydrogens is 258 g/mol. The molecule has 0 aliphatic carbocycles. The fraction of sp³-hybridized carbons (Fsp3) is 0.400. The van der Waals surface area contributed by atoms with Crippen LogP contribution in [0.5, 0.6) is 0 Å². The molecule has 4 nitrogen and oxygen atoms in total. The highest BCUT2D eigenvalue weighted by Gasteiger charge is 2.03. The summed E-state index contributed by atoms with van der Waals surface area (Å²) < 4.78 is 7.79. The Balaban J connectivity index is 2.16. The average Bonchev–Trinajstić information content (AvgIpc) is 2.60. The van der Waals surface area contributed by atoms with E-state index in [-0.39, 0.29) is 0 Å². The van der Waals surface area contributed by atoms with Gasteiger partial charge in [-0.25, -0.2) is 9.50 Å². The predicted octanol–water partition coefficient (Wildman–Crippen LogP) is 2.07. The third-order valence-corrected chi connectivity index (χ3v) is 2.59. The Morgan fingerprint density at radius 3 is 3.20 bits per heavy atom. The molecular formula is C10H12BrN3O. The van der Waals surface area contributed by atoms with Crippen LogP contribution in [0.4, 0.5) is 0 Å². The highest BCUT2D eigenvalue weighted by molar-refractivity contribution is 9.10. The van der Waals surface area contributed by atoms with Gasteiger partial charge < -0.3 is 4.74 Å². The van der Waals surface area contributed by atoms with E-state index in [0.717, 1.165) is 35.4 Å². The Kier molecular flexibility index (Phi) is 3.33. The van der Waals surface area contributed by atoms with Crippen molar-refractivity contribution in [3.8, 4) is 0 Å². The minimum absolute atomic E-state index is 0.749. The molecule has 80 valence electrons. The Bertz CT molecular complexity index is 455. The first-order chi connectivity index (χ1) is 7.29. The zero-order valence-corrected chi connectivity index (χ0v) is 10.1. The van der Waals surface area contributed by atoms with Gasteiger partial charge in [-0.15, -0.1) is 0 Å². The van der Waals surface area contributed by atoms with Crippen LogP contribution in [0.1, 0.15) is 12.2 Å². The summed E-state index contributed by atoms with van der Waals surface area (Å²) in [5, 5.41) is 4.35. The Labute approximate surface area is 96.4 Å². The van der Waals surface area contributed by atoms with E-state index in [2.05, 4.69) is 26.0 Å². The first kappa shape index (κ1) is 10.6. The third kappa shape index (κ3) is 2.54. The van der Waals surface area contributed by atoms with E-state index < -0.39 is 0 Å². The fourth-order valence-corrected chi connectivity index (χ4v) is 1.71. The topological polar surface area (TPSA) is 39.4 Å². The molecule has 2 heterocycles. The highest BCUT2D eigenvalue weighted by atomic mass is 79.9. The lowest BCUT2D eigenvalue weighted by molar-refractivity contribution is 0.194. The molecule has 0 atom stereocenters. The monoisotopic (exact) mass is 269 g/mol. The second-order valence-corrected chi connectivity index (χ2v) is 4.19. The number of methoxy groups -OCH3 is 1. The molecule has 15 heavy (non-hydrogen) atoms. The molecule has 0 fully saturated rings. The summed E-state index contributed by atoms with van der Waals surface area (Å²) in [5.74, 6) is 0.866. The summed E-state index contributed by atoms with van der Waals surface area (Å²) in [4.78, 5) is 4.41. The summed E-state index contributed by atoms with van der Waals surface area (Å²) in [6.07, 6.45) is 3.70. The number of hydrogen-bond acceptors (Lipinski definition) is 3. The van der Waals surface area contributed by atoms with Crippen LogP contribution in [0.2, 0.25) is 0 Å². The van der Waals surface area contributed by atoms with E-state index in [1.54, 1.807) is 11.6 Å². The second-order valence-electron chi connectivity index (χ2n) is 3.27. The van der Waals surface area contributed by atoms with Gasteiger partial charge in [0.15, 0.2) is 11.5 Å². The molecule has 2 rings (SSSR count). The predicted molar refractivity (Wildman–Crippen MR) is 60.9 cm³/mol. The van der Waals surface area contributed by atoms with Crippen LogP contribution < -0.4 is 0 Å². The van der Waals surface area contributed by atoms with E-state index in [1.807, 2.05) is 18.3 Å². The number of rotatable bonds is 4. The smallest absolute Gasteiger partial charge is 0.156 e. The number of ether oxygens (including phenoxy) is 1. The van der Waals surface area contributed by atoms with Crippen molar-refractivity contribution >= 4 is 21.6 Å². The molecule has 0 saturated heterocycles. The lowest BCUT2D eigenvalue weighted by Gasteiger charge is -1.93. The minimum Gasteiger partial charge on any atom is -0.385 e. The quantitative estimate of drug-likeness (QED) is 0.798. The van der Waals surface area contributed by atoms with Crippen molar-refractivity contribution in [1.29, 1.82) is 0 Å². The highest BCUT2D eigenvalue weighted by Crippen LogP contribution is 2.11. The summed E-state index contributed by atoms with van der Waals surface area (Å²) in [7, 11) is 1.70. The van der Waals surface area contributed by atoms with Gasteiger partial charge in [-0.2, -0.15) is 5.10 Å². The maximum absolute atomic E-state index is 4.99. The van der Waals surface area contributed by atoms with Crippen LogP contribution in [0.15, 0.2) is 22.8 Å². The Morgan fingerprint density at radius 1 is 1.53 bits per heavy atom. The summed E-state index contributed by atoms with van der Waals surface area (Å²) in [6, 6.07) is 3.90. The number of aromatic nitrogens is 3. The van der Waals surface area contributed by atoms with Gasteiger partial charge >= 0.3 is 0 Å². The fourth-order valence-electron chi connectivity index (χ4n) is 1.38. The maximum atomic E-state index is 4.99. The maximum Gasteiger partial charge on any atom is 0.156 e. The van der Waals surface area contributed by atoms with E-state index in [0.29, 0.717) is 0 Å². The van der Waals surface area contributed by atoms with E-state index in [4.69, 9.17) is 4.74 Å². The second kappa shape index (κ2) is 4.72. The number of fused-ring (bicyclic) bond motifs is 1. The van der Waals surface area contributed by atoms with Gasteiger partial charge in [0.05, 0.1) is 0 Å². The van der Waals surface area contributed by atoms with Crippen LogP contribution in [0.25, 0.3) is 5.65 Å². The third-order valence-electron chi connectivity index (χ3n) is 2.09. The number of hydrogen-bond donors (Lipinski definition) is 0. The molecule has 0 unspecified atom stereocenters. The molecule has 0 aromatic carbocycles. The van der Waals surface area contributed by atoms with Crippen molar-refractivity contribution in [2.45, 2.75) is 12.8 Å². The molecule has 0 radical (unpaired) electrons. The van der Waals surface area contributed by atoms with Crippen LogP contribution >= 0.6 is 15.9 Å². The number of nitrogens with zero attached hydrogens (tertiary/aromatic N) is 3. The zero-order valence-electron chi connectivity index (χ0n) is 8.48. The molecule has 0 bridgehead atoms. The van der Waals surface area contributed by atoms with Crippen molar-refractivity contribution < 1.29 is 4.74 Å². The van der Waals surface area contributed by atoms with E-state index in [1.165, 1.54) is 0 Å². The largest absolute Gasteiger partial charge is 0.385 e. The van der Waals surface area contributed by atoms with Gasteiger partial charge in [0.1, 0.15) is 0 Å². The van der Waals surface area contributed by atoms with Crippen LogP contribution in [-0.4, -0.2) is 28.3 Å². The van der Waals surface area contributed by atoms with Crippen LogP contribution in [0, 0.1) is 0 Å². The molecule has 0 amide bonds. The van der Waals surface area contributed by atoms with E-state index >= 15 is 0 Å². The van der Waals surface area contributed by atoms with Gasteiger partial charge in [-0.05, 0) is 18.6 Å². The van der Waals surface area contributed by atoms with Gasteiger partial charge in [0.2, 0.25) is 0 Å². The SMILES string of the molecule is COCCCc1nc2cc(Br)ccn2n1. The van der Waals surface area contributed by atoms with Gasteiger partial charge in [-0.3, -0.25) is 0 Å². The molecule has 2 aromatic rings. The summed E-state index contributed by atoms with van der Waals surface area (Å²) in [6.45, 7) is 0.749. The minimum atomic E-state index is 0.749. The molecule has 2 aromatic heterocycles. The van der Waals surface area contributed by atoms with Crippen molar-refractivity contribution in [2.24, 2.45) is 0 Å². The molecule has 0 aliphatic heterocycles. The lowest BCUT2D eigenvalue weighted by atomic mass is 10.3. The lowest BCUT2D eigenvalue weighted by Crippen LogP contribution is -1.94. The number of halogens is 1.